The van der Waals surface area contributed by atoms with Crippen molar-refractivity contribution in [1.82, 2.24) is 0 Å². The smallest absolute Gasteiger partial charge is 0.419 e. The molecule has 3 rings (SSSR count). The Morgan fingerprint density at radius 3 is 2.59 bits per heavy atom. The number of fused-ring (bicyclic) bond motifs is 1. The Bertz CT molecular complexity index is 1020. The first-order chi connectivity index (χ1) is 13.0. The highest BCUT2D eigenvalue weighted by atomic mass is 16.6. The molecule has 0 radical (unpaired) electrons. The van der Waals surface area contributed by atoms with Gasteiger partial charge in [-0.15, -0.1) is 0 Å². The van der Waals surface area contributed by atoms with E-state index in [1.807, 2.05) is 0 Å². The topological polar surface area (TPSA) is 103 Å². The summed E-state index contributed by atoms with van der Waals surface area (Å²) in [5, 5.41) is 20.8. The molecule has 0 aliphatic heterocycles. The van der Waals surface area contributed by atoms with Gasteiger partial charge in [0.05, 0.1) is 16.9 Å². The van der Waals surface area contributed by atoms with Crippen LogP contribution in [0, 0.1) is 17.0 Å². The van der Waals surface area contributed by atoms with Crippen LogP contribution in [-0.2, 0) is 6.42 Å². The van der Waals surface area contributed by atoms with Crippen molar-refractivity contribution in [3.8, 4) is 11.5 Å². The van der Waals surface area contributed by atoms with Crippen molar-refractivity contribution in [3.05, 3.63) is 74.1 Å². The van der Waals surface area contributed by atoms with Gasteiger partial charge >= 0.3 is 11.3 Å². The van der Waals surface area contributed by atoms with E-state index < -0.39 is 22.0 Å². The molecule has 0 fully saturated rings. The number of nitro groups is 1. The maximum absolute atomic E-state index is 11.7. The molecule has 7 nitrogen and oxygen atoms in total. The molecule has 0 atom stereocenters. The van der Waals surface area contributed by atoms with Crippen molar-refractivity contribution in [3.63, 3.8) is 0 Å². The largest absolute Gasteiger partial charge is 0.501 e. The lowest BCUT2D eigenvalue weighted by Gasteiger charge is -2.08. The van der Waals surface area contributed by atoms with Gasteiger partial charge in [0.2, 0.25) is 5.75 Å². The molecule has 0 saturated carbocycles. The molecule has 27 heavy (non-hydrogen) atoms. The minimum absolute atomic E-state index is 0.0419. The third-order valence-corrected chi connectivity index (χ3v) is 4.26. The Balaban J connectivity index is 1.61. The van der Waals surface area contributed by atoms with Gasteiger partial charge in [0.1, 0.15) is 11.3 Å². The summed E-state index contributed by atoms with van der Waals surface area (Å²) in [5.41, 5.74) is 0.402. The summed E-state index contributed by atoms with van der Waals surface area (Å²) in [4.78, 5) is 21.5. The van der Waals surface area contributed by atoms with Crippen LogP contribution in [-0.4, -0.2) is 16.6 Å². The fourth-order valence-corrected chi connectivity index (χ4v) is 2.78. The Kier molecular flexibility index (Phi) is 5.40. The SMILES string of the molecule is Cc1ccc(CCCCOc2ccc3c(O)c([N+](=O)[O-])c(=O)oc3c2)cc1. The van der Waals surface area contributed by atoms with Gasteiger partial charge in [-0.25, -0.2) is 4.79 Å². The second-order valence-corrected chi connectivity index (χ2v) is 6.29. The van der Waals surface area contributed by atoms with E-state index in [1.165, 1.54) is 23.3 Å². The molecule has 1 N–H and O–H groups in total. The monoisotopic (exact) mass is 369 g/mol. The lowest BCUT2D eigenvalue weighted by Crippen LogP contribution is -2.07. The van der Waals surface area contributed by atoms with Crippen LogP contribution in [0.2, 0.25) is 0 Å². The van der Waals surface area contributed by atoms with Crippen molar-refractivity contribution < 1.29 is 19.2 Å². The predicted molar refractivity (Wildman–Crippen MR) is 100 cm³/mol. The molecule has 0 bridgehead atoms. The third kappa shape index (κ3) is 4.25. The number of rotatable bonds is 7. The molecule has 0 saturated heterocycles. The molecular weight excluding hydrogens is 350 g/mol. The van der Waals surface area contributed by atoms with E-state index in [0.29, 0.717) is 12.4 Å². The van der Waals surface area contributed by atoms with Crippen LogP contribution in [0.25, 0.3) is 11.0 Å². The zero-order valence-electron chi connectivity index (χ0n) is 14.8. The third-order valence-electron chi connectivity index (χ3n) is 4.26. The number of benzene rings is 2. The van der Waals surface area contributed by atoms with Gasteiger partial charge in [0.25, 0.3) is 0 Å². The summed E-state index contributed by atoms with van der Waals surface area (Å²) in [7, 11) is 0. The maximum Gasteiger partial charge on any atom is 0.419 e. The molecule has 0 aliphatic rings. The van der Waals surface area contributed by atoms with Crippen LogP contribution in [0.3, 0.4) is 0 Å². The van der Waals surface area contributed by atoms with Crippen molar-refractivity contribution in [2.24, 2.45) is 0 Å². The van der Waals surface area contributed by atoms with Crippen molar-refractivity contribution in [1.29, 1.82) is 0 Å². The number of unbranched alkanes of at least 4 members (excludes halogenated alkanes) is 1. The quantitative estimate of drug-likeness (QED) is 0.291. The summed E-state index contributed by atoms with van der Waals surface area (Å²) >= 11 is 0. The normalized spacial score (nSPS) is 10.9. The number of aryl methyl sites for hydroxylation is 2. The molecular formula is C20H19NO6. The van der Waals surface area contributed by atoms with Gasteiger partial charge in [-0.1, -0.05) is 29.8 Å². The molecule has 0 spiro atoms. The van der Waals surface area contributed by atoms with Gasteiger partial charge in [-0.05, 0) is 43.9 Å². The minimum atomic E-state index is -1.19. The van der Waals surface area contributed by atoms with E-state index in [-0.39, 0.29) is 11.0 Å². The average Bonchev–Trinajstić information content (AvgIpc) is 2.62. The average molecular weight is 369 g/mol. The fraction of sp³-hybridized carbons (Fsp3) is 0.250. The van der Waals surface area contributed by atoms with Gasteiger partial charge in [-0.3, -0.25) is 10.1 Å². The zero-order chi connectivity index (χ0) is 19.4. The van der Waals surface area contributed by atoms with Gasteiger partial charge < -0.3 is 14.3 Å². The minimum Gasteiger partial charge on any atom is -0.501 e. The van der Waals surface area contributed by atoms with Crippen molar-refractivity contribution >= 4 is 16.7 Å². The number of nitrogens with zero attached hydrogens (tertiary/aromatic N) is 1. The van der Waals surface area contributed by atoms with Crippen LogP contribution in [0.5, 0.6) is 11.5 Å². The Labute approximate surface area is 155 Å². The summed E-state index contributed by atoms with van der Waals surface area (Å²) in [6.07, 6.45) is 2.79. The summed E-state index contributed by atoms with van der Waals surface area (Å²) in [6, 6.07) is 12.9. The van der Waals surface area contributed by atoms with E-state index in [0.717, 1.165) is 19.3 Å². The van der Waals surface area contributed by atoms with E-state index >= 15 is 0 Å². The molecule has 140 valence electrons. The Hall–Kier alpha value is -3.35. The molecule has 2 aromatic carbocycles. The van der Waals surface area contributed by atoms with E-state index in [9.17, 15) is 20.0 Å². The standard InChI is InChI=1S/C20H19NO6/c1-13-5-7-14(8-6-13)4-2-3-11-26-15-9-10-16-17(12-15)27-20(23)18(19(16)22)21(24)25/h5-10,12,22H,2-4,11H2,1H3. The first-order valence-electron chi connectivity index (χ1n) is 8.58. The van der Waals surface area contributed by atoms with Crippen molar-refractivity contribution in [2.75, 3.05) is 6.61 Å². The Morgan fingerprint density at radius 2 is 1.89 bits per heavy atom. The van der Waals surface area contributed by atoms with Crippen LogP contribution in [0.1, 0.15) is 24.0 Å². The van der Waals surface area contributed by atoms with Crippen molar-refractivity contribution in [2.45, 2.75) is 26.2 Å². The molecule has 3 aromatic rings. The maximum atomic E-state index is 11.7. The summed E-state index contributed by atoms with van der Waals surface area (Å²) < 4.78 is 10.6. The number of hydrogen-bond acceptors (Lipinski definition) is 6. The fourth-order valence-electron chi connectivity index (χ4n) is 2.78. The van der Waals surface area contributed by atoms with Gasteiger partial charge in [0.15, 0.2) is 0 Å². The van der Waals surface area contributed by atoms with Gasteiger partial charge in [0, 0.05) is 6.07 Å². The predicted octanol–water partition coefficient (Wildman–Crippen LogP) is 4.12. The van der Waals surface area contributed by atoms with E-state index in [4.69, 9.17) is 9.15 Å². The Morgan fingerprint density at radius 1 is 1.15 bits per heavy atom. The van der Waals surface area contributed by atoms with Gasteiger partial charge in [-0.2, -0.15) is 0 Å². The molecule has 0 unspecified atom stereocenters. The highest BCUT2D eigenvalue weighted by Crippen LogP contribution is 2.32. The number of hydrogen-bond donors (Lipinski definition) is 1. The molecule has 0 amide bonds. The summed E-state index contributed by atoms with van der Waals surface area (Å²) in [5.74, 6) is -0.231. The second-order valence-electron chi connectivity index (χ2n) is 6.29. The first-order valence-corrected chi connectivity index (χ1v) is 8.58. The lowest BCUT2D eigenvalue weighted by atomic mass is 10.1. The zero-order valence-corrected chi connectivity index (χ0v) is 14.8. The highest BCUT2D eigenvalue weighted by molar-refractivity contribution is 5.87. The summed E-state index contributed by atoms with van der Waals surface area (Å²) in [6.45, 7) is 2.54. The molecule has 1 heterocycles. The number of ether oxygens (including phenoxy) is 1. The molecule has 1 aromatic heterocycles. The molecule has 0 aliphatic carbocycles. The van der Waals surface area contributed by atoms with Crippen LogP contribution in [0.4, 0.5) is 5.69 Å². The number of aromatic hydroxyl groups is 1. The van der Waals surface area contributed by atoms with E-state index in [2.05, 4.69) is 31.2 Å². The second kappa shape index (κ2) is 7.90. The lowest BCUT2D eigenvalue weighted by molar-refractivity contribution is -0.388. The first kappa shape index (κ1) is 18.4. The van der Waals surface area contributed by atoms with Crippen LogP contribution in [0.15, 0.2) is 51.7 Å². The van der Waals surface area contributed by atoms with E-state index in [1.54, 1.807) is 6.07 Å². The van der Waals surface area contributed by atoms with Crippen LogP contribution < -0.4 is 10.4 Å². The van der Waals surface area contributed by atoms with Crippen LogP contribution >= 0.6 is 0 Å². The highest BCUT2D eigenvalue weighted by Gasteiger charge is 2.24. The molecule has 7 heteroatoms.